The van der Waals surface area contributed by atoms with Gasteiger partial charge < -0.3 is 4.79 Å². The van der Waals surface area contributed by atoms with Gasteiger partial charge >= 0.3 is 0 Å². The zero-order chi connectivity index (χ0) is 12.5. The van der Waals surface area contributed by atoms with Crippen molar-refractivity contribution in [1.82, 2.24) is 0 Å². The van der Waals surface area contributed by atoms with Gasteiger partial charge in [-0.3, -0.25) is 4.79 Å². The molecule has 0 radical (unpaired) electrons. The van der Waals surface area contributed by atoms with Crippen molar-refractivity contribution in [2.75, 3.05) is 0 Å². The quantitative estimate of drug-likeness (QED) is 0.686. The Labute approximate surface area is 102 Å². The maximum absolute atomic E-state index is 11.4. The lowest BCUT2D eigenvalue weighted by Crippen LogP contribution is -2.31. The number of hydrogen-bond acceptors (Lipinski definition) is 2. The van der Waals surface area contributed by atoms with Crippen LogP contribution < -0.4 is 0 Å². The second-order valence-corrected chi connectivity index (χ2v) is 7.27. The smallest absolute Gasteiger partial charge is 0.146 e. The molecule has 17 heavy (non-hydrogen) atoms. The zero-order valence-electron chi connectivity index (χ0n) is 10.8. The molecule has 0 amide bonds. The molecule has 2 nitrogen and oxygen atoms in total. The van der Waals surface area contributed by atoms with E-state index < -0.39 is 5.41 Å². The molecule has 3 rings (SSSR count). The molecular formula is C15H20O2. The first-order valence-corrected chi connectivity index (χ1v) is 6.52. The van der Waals surface area contributed by atoms with Gasteiger partial charge in [0.2, 0.25) is 0 Å². The molecule has 0 aromatic rings. The van der Waals surface area contributed by atoms with E-state index in [0.29, 0.717) is 17.3 Å². The van der Waals surface area contributed by atoms with E-state index in [1.54, 1.807) is 0 Å². The molecule has 0 saturated heterocycles. The minimum Gasteiger partial charge on any atom is -0.302 e. The van der Waals surface area contributed by atoms with E-state index in [-0.39, 0.29) is 5.41 Å². The van der Waals surface area contributed by atoms with Crippen molar-refractivity contribution in [3.63, 3.8) is 0 Å². The highest BCUT2D eigenvalue weighted by Gasteiger charge is 2.73. The average Bonchev–Trinajstić information content (AvgIpc) is 2.77. The van der Waals surface area contributed by atoms with Gasteiger partial charge in [-0.25, -0.2) is 0 Å². The fraction of sp³-hybridized carbons (Fsp3) is 0.733. The third kappa shape index (κ3) is 1.16. The first kappa shape index (κ1) is 11.2. The summed E-state index contributed by atoms with van der Waals surface area (Å²) in [4.78, 5) is 22.7. The molecule has 2 saturated carbocycles. The monoisotopic (exact) mass is 232 g/mol. The van der Waals surface area contributed by atoms with E-state index in [1.165, 1.54) is 6.42 Å². The summed E-state index contributed by atoms with van der Waals surface area (Å²) in [5, 5.41) is 0. The molecule has 0 aromatic heterocycles. The van der Waals surface area contributed by atoms with Crippen molar-refractivity contribution in [2.24, 2.45) is 28.1 Å². The van der Waals surface area contributed by atoms with E-state index in [2.05, 4.69) is 26.8 Å². The van der Waals surface area contributed by atoms with Crippen LogP contribution in [0.1, 0.15) is 40.0 Å². The van der Waals surface area contributed by atoms with Gasteiger partial charge in [0.25, 0.3) is 0 Å². The largest absolute Gasteiger partial charge is 0.302 e. The summed E-state index contributed by atoms with van der Waals surface area (Å²) in [5.41, 5.74) is 0.729. The molecule has 2 heteroatoms. The molecule has 0 heterocycles. The van der Waals surface area contributed by atoms with Crippen LogP contribution >= 0.6 is 0 Å². The van der Waals surface area contributed by atoms with Gasteiger partial charge in [-0.15, -0.1) is 0 Å². The van der Waals surface area contributed by atoms with Gasteiger partial charge in [-0.1, -0.05) is 26.8 Å². The minimum atomic E-state index is -0.434. The molecule has 0 bridgehead atoms. The first-order chi connectivity index (χ1) is 7.88. The molecule has 3 aliphatic rings. The Balaban J connectivity index is 2.07. The highest BCUT2D eigenvalue weighted by molar-refractivity contribution is 5.89. The Morgan fingerprint density at radius 3 is 2.53 bits per heavy atom. The Hall–Kier alpha value is -0.920. The van der Waals surface area contributed by atoms with Crippen molar-refractivity contribution in [1.29, 1.82) is 0 Å². The molecular weight excluding hydrogens is 212 g/mol. The fourth-order valence-electron chi connectivity index (χ4n) is 4.68. The highest BCUT2D eigenvalue weighted by atomic mass is 16.1. The van der Waals surface area contributed by atoms with Gasteiger partial charge in [0.05, 0.1) is 5.41 Å². The van der Waals surface area contributed by atoms with Crippen molar-refractivity contribution < 1.29 is 9.59 Å². The third-order valence-electron chi connectivity index (χ3n) is 5.67. The number of aldehydes is 2. The molecule has 0 spiro atoms. The molecule has 0 aliphatic heterocycles. The van der Waals surface area contributed by atoms with E-state index in [1.807, 2.05) is 0 Å². The topological polar surface area (TPSA) is 34.1 Å². The van der Waals surface area contributed by atoms with Crippen LogP contribution in [0.25, 0.3) is 0 Å². The molecule has 0 unspecified atom stereocenters. The Kier molecular flexibility index (Phi) is 1.91. The van der Waals surface area contributed by atoms with Crippen LogP contribution in [-0.4, -0.2) is 12.6 Å². The number of allylic oxidation sites excluding steroid dienone is 2. The normalized spacial score (nSPS) is 49.9. The number of carbonyl (C=O) groups excluding carboxylic acids is 2. The van der Waals surface area contributed by atoms with Crippen LogP contribution in [0.15, 0.2) is 11.6 Å². The molecule has 3 aliphatic carbocycles. The van der Waals surface area contributed by atoms with E-state index in [9.17, 15) is 9.59 Å². The lowest BCUT2D eigenvalue weighted by atomic mass is 9.70. The van der Waals surface area contributed by atoms with Crippen LogP contribution in [0, 0.1) is 28.1 Å². The predicted molar refractivity (Wildman–Crippen MR) is 65.4 cm³/mol. The summed E-state index contributed by atoms with van der Waals surface area (Å²) in [5.74, 6) is 1.09. The Morgan fingerprint density at radius 1 is 1.24 bits per heavy atom. The third-order valence-corrected chi connectivity index (χ3v) is 5.67. The summed E-state index contributed by atoms with van der Waals surface area (Å²) in [7, 11) is 0. The zero-order valence-corrected chi connectivity index (χ0v) is 10.8. The molecule has 92 valence electrons. The van der Waals surface area contributed by atoms with Gasteiger partial charge in [0, 0.05) is 5.57 Å². The van der Waals surface area contributed by atoms with Crippen LogP contribution in [0.5, 0.6) is 0 Å². The van der Waals surface area contributed by atoms with Gasteiger partial charge in [-0.2, -0.15) is 0 Å². The molecule has 2 fully saturated rings. The van der Waals surface area contributed by atoms with Crippen molar-refractivity contribution >= 4 is 12.6 Å². The summed E-state index contributed by atoms with van der Waals surface area (Å²) >= 11 is 0. The van der Waals surface area contributed by atoms with E-state index in [0.717, 1.165) is 31.0 Å². The second kappa shape index (κ2) is 2.90. The number of carbonyl (C=O) groups is 2. The maximum Gasteiger partial charge on any atom is 0.146 e. The minimum absolute atomic E-state index is 0.0537. The fourth-order valence-corrected chi connectivity index (χ4v) is 4.68. The molecule has 0 N–H and O–H groups in total. The molecule has 0 aromatic carbocycles. The average molecular weight is 232 g/mol. The predicted octanol–water partition coefficient (Wildman–Crippen LogP) is 2.77. The summed E-state index contributed by atoms with van der Waals surface area (Å²) in [6.45, 7) is 6.80. The highest BCUT2D eigenvalue weighted by Crippen LogP contribution is 2.76. The molecule has 4 atom stereocenters. The van der Waals surface area contributed by atoms with Crippen molar-refractivity contribution in [3.05, 3.63) is 11.6 Å². The number of hydrogen-bond donors (Lipinski definition) is 0. The Morgan fingerprint density at radius 2 is 1.94 bits per heavy atom. The van der Waals surface area contributed by atoms with Gasteiger partial charge in [-0.05, 0) is 41.9 Å². The number of rotatable bonds is 2. The standard InChI is InChI=1S/C15H20O2/c1-13(2)5-10-4-11(7-16)15(9-17)8-14(15,3)12(10)6-13/h4,7,9-10,12H,5-6,8H2,1-3H3/t10-,12+,14+,15-/m0/s1. The number of fused-ring (bicyclic) bond motifs is 3. The van der Waals surface area contributed by atoms with Crippen molar-refractivity contribution in [2.45, 2.75) is 40.0 Å². The van der Waals surface area contributed by atoms with Crippen molar-refractivity contribution in [3.8, 4) is 0 Å². The summed E-state index contributed by atoms with van der Waals surface area (Å²) < 4.78 is 0. The first-order valence-electron chi connectivity index (χ1n) is 6.52. The SMILES string of the molecule is CC1(C)C[C@@H]2[C@@H](C=C(C=O)[C@@]3(C=O)C[C@]23C)C1. The van der Waals surface area contributed by atoms with Gasteiger partial charge in [0.15, 0.2) is 0 Å². The van der Waals surface area contributed by atoms with Gasteiger partial charge in [0.1, 0.15) is 12.6 Å². The van der Waals surface area contributed by atoms with Crippen LogP contribution in [0.2, 0.25) is 0 Å². The van der Waals surface area contributed by atoms with E-state index >= 15 is 0 Å². The second-order valence-electron chi connectivity index (χ2n) is 7.27. The Bertz CT molecular complexity index is 434. The lowest BCUT2D eigenvalue weighted by Gasteiger charge is -2.33. The lowest BCUT2D eigenvalue weighted by molar-refractivity contribution is -0.115. The van der Waals surface area contributed by atoms with E-state index in [4.69, 9.17) is 0 Å². The van der Waals surface area contributed by atoms with Crippen LogP contribution in [0.3, 0.4) is 0 Å². The van der Waals surface area contributed by atoms with Crippen LogP contribution in [-0.2, 0) is 9.59 Å². The van der Waals surface area contributed by atoms with Crippen LogP contribution in [0.4, 0.5) is 0 Å². The maximum atomic E-state index is 11.4. The summed E-state index contributed by atoms with van der Waals surface area (Å²) in [6.07, 6.45) is 7.28. The summed E-state index contributed by atoms with van der Waals surface area (Å²) in [6, 6.07) is 0.